The van der Waals surface area contributed by atoms with Gasteiger partial charge in [-0.1, -0.05) is 6.07 Å². The lowest BCUT2D eigenvalue weighted by Gasteiger charge is -1.93. The lowest BCUT2D eigenvalue weighted by Crippen LogP contribution is -2.12. The van der Waals surface area contributed by atoms with Crippen molar-refractivity contribution < 1.29 is 0 Å². The summed E-state index contributed by atoms with van der Waals surface area (Å²) in [6.07, 6.45) is 2.31. The minimum Gasteiger partial charge on any atom is -0.269 e. The first kappa shape index (κ1) is 6.88. The van der Waals surface area contributed by atoms with E-state index in [0.29, 0.717) is 5.92 Å². The van der Waals surface area contributed by atoms with Crippen molar-refractivity contribution in [3.05, 3.63) is 34.4 Å². The van der Waals surface area contributed by atoms with Gasteiger partial charge in [0.2, 0.25) is 0 Å². The first-order valence-corrected chi connectivity index (χ1v) is 4.42. The Morgan fingerprint density at radius 1 is 1.46 bits per heavy atom. The molecule has 13 heavy (non-hydrogen) atoms. The Labute approximate surface area is 74.2 Å². The van der Waals surface area contributed by atoms with Crippen molar-refractivity contribution in [3.63, 3.8) is 0 Å². The van der Waals surface area contributed by atoms with E-state index in [1.807, 2.05) is 6.07 Å². The monoisotopic (exact) mass is 175 g/mol. The predicted octanol–water partition coefficient (Wildman–Crippen LogP) is 0.900. The van der Waals surface area contributed by atoms with E-state index in [-0.39, 0.29) is 5.56 Å². The molecule has 1 aliphatic carbocycles. The van der Waals surface area contributed by atoms with Gasteiger partial charge in [-0.15, -0.1) is 0 Å². The fourth-order valence-corrected chi connectivity index (χ4v) is 1.59. The average Bonchev–Trinajstić information content (AvgIpc) is 2.87. The Kier molecular flexibility index (Phi) is 1.17. The SMILES string of the molecule is O=c1cccc2[nH]nc(C3CC3)n12. The molecule has 0 unspecified atom stereocenters. The van der Waals surface area contributed by atoms with Gasteiger partial charge >= 0.3 is 0 Å². The summed E-state index contributed by atoms with van der Waals surface area (Å²) in [4.78, 5) is 11.5. The van der Waals surface area contributed by atoms with E-state index in [2.05, 4.69) is 10.2 Å². The first-order valence-electron chi connectivity index (χ1n) is 4.42. The highest BCUT2D eigenvalue weighted by Crippen LogP contribution is 2.38. The number of hydrogen-bond acceptors (Lipinski definition) is 2. The van der Waals surface area contributed by atoms with E-state index in [1.54, 1.807) is 16.5 Å². The van der Waals surface area contributed by atoms with Gasteiger partial charge in [0.1, 0.15) is 11.5 Å². The molecule has 2 aromatic rings. The summed E-state index contributed by atoms with van der Waals surface area (Å²) < 4.78 is 1.66. The number of hydrogen-bond donors (Lipinski definition) is 1. The normalized spacial score (nSPS) is 16.6. The Balaban J connectivity index is 2.41. The molecule has 4 heteroatoms. The molecule has 1 saturated carbocycles. The van der Waals surface area contributed by atoms with Gasteiger partial charge in [-0.05, 0) is 18.9 Å². The van der Waals surface area contributed by atoms with Crippen LogP contribution in [-0.4, -0.2) is 14.6 Å². The van der Waals surface area contributed by atoms with Crippen LogP contribution >= 0.6 is 0 Å². The molecule has 4 nitrogen and oxygen atoms in total. The van der Waals surface area contributed by atoms with Crippen LogP contribution in [0.4, 0.5) is 0 Å². The molecular weight excluding hydrogens is 166 g/mol. The van der Waals surface area contributed by atoms with Gasteiger partial charge in [0.25, 0.3) is 5.56 Å². The van der Waals surface area contributed by atoms with Gasteiger partial charge in [0.15, 0.2) is 0 Å². The largest absolute Gasteiger partial charge is 0.269 e. The first-order chi connectivity index (χ1) is 6.36. The van der Waals surface area contributed by atoms with Crippen molar-refractivity contribution in [3.8, 4) is 0 Å². The summed E-state index contributed by atoms with van der Waals surface area (Å²) in [6, 6.07) is 5.17. The molecule has 0 saturated heterocycles. The molecule has 0 spiro atoms. The zero-order valence-corrected chi connectivity index (χ0v) is 7.03. The van der Waals surface area contributed by atoms with Crippen LogP contribution in [0, 0.1) is 0 Å². The Hall–Kier alpha value is -1.58. The number of aromatic nitrogens is 3. The summed E-state index contributed by atoms with van der Waals surface area (Å²) in [5, 5.41) is 7.02. The molecular formula is C9H9N3O. The van der Waals surface area contributed by atoms with E-state index in [4.69, 9.17) is 0 Å². The van der Waals surface area contributed by atoms with Crippen LogP contribution in [0.1, 0.15) is 24.6 Å². The van der Waals surface area contributed by atoms with Crippen LogP contribution in [0.3, 0.4) is 0 Å². The van der Waals surface area contributed by atoms with Crippen molar-refractivity contribution in [1.29, 1.82) is 0 Å². The lowest BCUT2D eigenvalue weighted by molar-refractivity contribution is 0.882. The van der Waals surface area contributed by atoms with Gasteiger partial charge < -0.3 is 0 Å². The second kappa shape index (κ2) is 2.22. The number of fused-ring (bicyclic) bond motifs is 1. The molecule has 0 atom stereocenters. The molecule has 2 aromatic heterocycles. The molecule has 0 aromatic carbocycles. The number of aromatic amines is 1. The topological polar surface area (TPSA) is 50.2 Å². The average molecular weight is 175 g/mol. The minimum absolute atomic E-state index is 0.00755. The highest BCUT2D eigenvalue weighted by Gasteiger charge is 2.28. The molecule has 0 radical (unpaired) electrons. The fourth-order valence-electron chi connectivity index (χ4n) is 1.59. The molecule has 2 heterocycles. The quantitative estimate of drug-likeness (QED) is 0.700. The van der Waals surface area contributed by atoms with E-state index < -0.39 is 0 Å². The van der Waals surface area contributed by atoms with E-state index in [1.165, 1.54) is 0 Å². The van der Waals surface area contributed by atoms with Crippen molar-refractivity contribution in [2.75, 3.05) is 0 Å². The molecule has 0 amide bonds. The molecule has 1 fully saturated rings. The Morgan fingerprint density at radius 2 is 2.31 bits per heavy atom. The molecule has 1 N–H and O–H groups in total. The van der Waals surface area contributed by atoms with E-state index >= 15 is 0 Å². The van der Waals surface area contributed by atoms with Crippen LogP contribution in [0.25, 0.3) is 5.65 Å². The lowest BCUT2D eigenvalue weighted by atomic mass is 10.4. The highest BCUT2D eigenvalue weighted by molar-refractivity contribution is 5.38. The number of H-pyrrole nitrogens is 1. The third-order valence-electron chi connectivity index (χ3n) is 2.41. The number of rotatable bonds is 1. The number of nitrogens with zero attached hydrogens (tertiary/aromatic N) is 2. The summed E-state index contributed by atoms with van der Waals surface area (Å²) in [5.41, 5.74) is 0.794. The molecule has 1 aliphatic rings. The molecule has 0 bridgehead atoms. The van der Waals surface area contributed by atoms with Crippen molar-refractivity contribution in [2.24, 2.45) is 0 Å². The maximum absolute atomic E-state index is 11.5. The molecule has 66 valence electrons. The number of pyridine rings is 1. The summed E-state index contributed by atoms with van der Waals surface area (Å²) in [7, 11) is 0. The minimum atomic E-state index is 0.00755. The van der Waals surface area contributed by atoms with Gasteiger partial charge in [-0.2, -0.15) is 5.10 Å². The van der Waals surface area contributed by atoms with E-state index in [0.717, 1.165) is 24.3 Å². The maximum Gasteiger partial charge on any atom is 0.257 e. The van der Waals surface area contributed by atoms with Gasteiger partial charge in [0, 0.05) is 12.0 Å². The Morgan fingerprint density at radius 3 is 3.08 bits per heavy atom. The summed E-state index contributed by atoms with van der Waals surface area (Å²) in [6.45, 7) is 0. The molecule has 0 aliphatic heterocycles. The van der Waals surface area contributed by atoms with Crippen LogP contribution in [0.15, 0.2) is 23.0 Å². The molecule has 3 rings (SSSR count). The third-order valence-corrected chi connectivity index (χ3v) is 2.41. The third kappa shape index (κ3) is 0.915. The van der Waals surface area contributed by atoms with Gasteiger partial charge in [-0.25, -0.2) is 4.40 Å². The second-order valence-corrected chi connectivity index (χ2v) is 3.44. The van der Waals surface area contributed by atoms with Crippen LogP contribution in [0.5, 0.6) is 0 Å². The smallest absolute Gasteiger partial charge is 0.257 e. The van der Waals surface area contributed by atoms with Crippen molar-refractivity contribution >= 4 is 5.65 Å². The van der Waals surface area contributed by atoms with Crippen LogP contribution in [0.2, 0.25) is 0 Å². The van der Waals surface area contributed by atoms with Crippen molar-refractivity contribution in [2.45, 2.75) is 18.8 Å². The van der Waals surface area contributed by atoms with Crippen molar-refractivity contribution in [1.82, 2.24) is 14.6 Å². The Bertz CT molecular complexity index is 507. The zero-order chi connectivity index (χ0) is 8.84. The summed E-state index contributed by atoms with van der Waals surface area (Å²) >= 11 is 0. The van der Waals surface area contributed by atoms with Gasteiger partial charge in [-0.3, -0.25) is 9.89 Å². The fraction of sp³-hybridized carbons (Fsp3) is 0.333. The summed E-state index contributed by atoms with van der Waals surface area (Å²) in [5.74, 6) is 1.38. The van der Waals surface area contributed by atoms with Crippen LogP contribution in [-0.2, 0) is 0 Å². The van der Waals surface area contributed by atoms with Gasteiger partial charge in [0.05, 0.1) is 0 Å². The predicted molar refractivity (Wildman–Crippen MR) is 47.8 cm³/mol. The number of nitrogens with one attached hydrogen (secondary N) is 1. The standard InChI is InChI=1S/C9H9N3O/c13-8-3-1-2-7-10-11-9(12(7)8)6-4-5-6/h1-3,6,10H,4-5H2. The maximum atomic E-state index is 11.5. The highest BCUT2D eigenvalue weighted by atomic mass is 16.1. The zero-order valence-electron chi connectivity index (χ0n) is 7.03. The second-order valence-electron chi connectivity index (χ2n) is 3.44. The van der Waals surface area contributed by atoms with Crippen LogP contribution < -0.4 is 5.56 Å². The van der Waals surface area contributed by atoms with E-state index in [9.17, 15) is 4.79 Å².